The van der Waals surface area contributed by atoms with E-state index in [9.17, 15) is 4.79 Å². The van der Waals surface area contributed by atoms with Crippen molar-refractivity contribution < 1.29 is 9.90 Å². The Labute approximate surface area is 82.0 Å². The van der Waals surface area contributed by atoms with Gasteiger partial charge in [0.25, 0.3) is 0 Å². The fourth-order valence-corrected chi connectivity index (χ4v) is 1.40. The fraction of sp³-hybridized carbons (Fsp3) is 0.500. The van der Waals surface area contributed by atoms with Gasteiger partial charge in [-0.15, -0.1) is 0 Å². The van der Waals surface area contributed by atoms with Crippen molar-refractivity contribution in [1.29, 1.82) is 0 Å². The van der Waals surface area contributed by atoms with Crippen molar-refractivity contribution in [1.82, 2.24) is 9.97 Å². The summed E-state index contributed by atoms with van der Waals surface area (Å²) < 4.78 is 0. The molecule has 1 aromatic rings. The SMILES string of the molecule is CCc1cnc(C2CC2)nc1C(=O)O. The molecule has 4 nitrogen and oxygen atoms in total. The Hall–Kier alpha value is -1.45. The van der Waals surface area contributed by atoms with Crippen molar-refractivity contribution in [2.75, 3.05) is 0 Å². The molecule has 2 rings (SSSR count). The number of hydrogen-bond acceptors (Lipinski definition) is 3. The van der Waals surface area contributed by atoms with Gasteiger partial charge in [-0.05, 0) is 19.3 Å². The van der Waals surface area contributed by atoms with Gasteiger partial charge in [0.1, 0.15) is 5.82 Å². The summed E-state index contributed by atoms with van der Waals surface area (Å²) in [4.78, 5) is 19.2. The molecule has 0 amide bonds. The number of aromatic carboxylic acids is 1. The van der Waals surface area contributed by atoms with Gasteiger partial charge in [0.05, 0.1) is 0 Å². The van der Waals surface area contributed by atoms with Crippen molar-refractivity contribution in [2.24, 2.45) is 0 Å². The molecule has 4 heteroatoms. The van der Waals surface area contributed by atoms with Crippen LogP contribution in [0.1, 0.15) is 47.6 Å². The van der Waals surface area contributed by atoms with Gasteiger partial charge in [-0.25, -0.2) is 14.8 Å². The van der Waals surface area contributed by atoms with Crippen molar-refractivity contribution in [3.05, 3.63) is 23.3 Å². The summed E-state index contributed by atoms with van der Waals surface area (Å²) in [6.07, 6.45) is 4.48. The molecule has 74 valence electrons. The van der Waals surface area contributed by atoms with E-state index >= 15 is 0 Å². The maximum Gasteiger partial charge on any atom is 0.354 e. The molecule has 0 aliphatic heterocycles. The largest absolute Gasteiger partial charge is 0.477 e. The lowest BCUT2D eigenvalue weighted by Crippen LogP contribution is -2.08. The van der Waals surface area contributed by atoms with Crippen LogP contribution in [0, 0.1) is 0 Å². The highest BCUT2D eigenvalue weighted by molar-refractivity contribution is 5.86. The predicted molar refractivity (Wildman–Crippen MR) is 50.3 cm³/mol. The minimum Gasteiger partial charge on any atom is -0.477 e. The summed E-state index contributed by atoms with van der Waals surface area (Å²) in [7, 11) is 0. The van der Waals surface area contributed by atoms with Crippen LogP contribution in [0.4, 0.5) is 0 Å². The molecule has 1 N–H and O–H groups in total. The summed E-state index contributed by atoms with van der Waals surface area (Å²) in [6, 6.07) is 0. The van der Waals surface area contributed by atoms with E-state index in [1.807, 2.05) is 6.92 Å². The van der Waals surface area contributed by atoms with Crippen molar-refractivity contribution in [3.63, 3.8) is 0 Å². The highest BCUT2D eigenvalue weighted by Gasteiger charge is 2.27. The van der Waals surface area contributed by atoms with Crippen LogP contribution in [0.15, 0.2) is 6.20 Å². The van der Waals surface area contributed by atoms with Gasteiger partial charge in [-0.2, -0.15) is 0 Å². The summed E-state index contributed by atoms with van der Waals surface area (Å²) in [5, 5.41) is 8.93. The van der Waals surface area contributed by atoms with E-state index in [4.69, 9.17) is 5.11 Å². The number of hydrogen-bond donors (Lipinski definition) is 1. The Bertz CT molecular complexity index is 372. The van der Waals surface area contributed by atoms with Gasteiger partial charge in [0.2, 0.25) is 0 Å². The molecule has 1 saturated carbocycles. The minimum absolute atomic E-state index is 0.171. The zero-order valence-corrected chi connectivity index (χ0v) is 8.03. The molecular weight excluding hydrogens is 180 g/mol. The molecule has 0 atom stereocenters. The van der Waals surface area contributed by atoms with E-state index in [1.54, 1.807) is 6.20 Å². The molecular formula is C10H12N2O2. The van der Waals surface area contributed by atoms with E-state index < -0.39 is 5.97 Å². The van der Waals surface area contributed by atoms with Gasteiger partial charge in [-0.1, -0.05) is 6.92 Å². The Morgan fingerprint density at radius 2 is 2.36 bits per heavy atom. The van der Waals surface area contributed by atoms with E-state index in [-0.39, 0.29) is 5.69 Å². The number of carboxylic acids is 1. The molecule has 0 radical (unpaired) electrons. The van der Waals surface area contributed by atoms with Crippen molar-refractivity contribution >= 4 is 5.97 Å². The molecule has 14 heavy (non-hydrogen) atoms. The van der Waals surface area contributed by atoms with E-state index in [1.165, 1.54) is 0 Å². The third-order valence-corrected chi connectivity index (χ3v) is 2.41. The standard InChI is InChI=1S/C10H12N2O2/c1-2-6-5-11-9(7-3-4-7)12-8(6)10(13)14/h5,7H,2-4H2,1H3,(H,13,14). The minimum atomic E-state index is -0.953. The van der Waals surface area contributed by atoms with Gasteiger partial charge in [0, 0.05) is 17.7 Å². The number of carbonyl (C=O) groups is 1. The van der Waals surface area contributed by atoms with Crippen LogP contribution in [0.3, 0.4) is 0 Å². The summed E-state index contributed by atoms with van der Waals surface area (Å²) >= 11 is 0. The first kappa shape index (κ1) is 9.12. The van der Waals surface area contributed by atoms with Crippen LogP contribution in [0.2, 0.25) is 0 Å². The van der Waals surface area contributed by atoms with Crippen LogP contribution in [0.25, 0.3) is 0 Å². The Kier molecular flexibility index (Phi) is 2.19. The van der Waals surface area contributed by atoms with Gasteiger partial charge < -0.3 is 5.11 Å². The lowest BCUT2D eigenvalue weighted by atomic mass is 10.2. The van der Waals surface area contributed by atoms with E-state index in [2.05, 4.69) is 9.97 Å². The third-order valence-electron chi connectivity index (χ3n) is 2.41. The molecule has 1 aliphatic carbocycles. The molecule has 0 aromatic carbocycles. The lowest BCUT2D eigenvalue weighted by molar-refractivity contribution is 0.0688. The quantitative estimate of drug-likeness (QED) is 0.790. The number of aryl methyl sites for hydroxylation is 1. The second kappa shape index (κ2) is 3.36. The third kappa shape index (κ3) is 1.60. The van der Waals surface area contributed by atoms with Gasteiger partial charge in [-0.3, -0.25) is 0 Å². The summed E-state index contributed by atoms with van der Waals surface area (Å²) in [5.74, 6) is 0.143. The van der Waals surface area contributed by atoms with Crippen molar-refractivity contribution in [2.45, 2.75) is 32.1 Å². The normalized spacial score (nSPS) is 15.5. The van der Waals surface area contributed by atoms with Crippen molar-refractivity contribution in [3.8, 4) is 0 Å². The monoisotopic (exact) mass is 192 g/mol. The maximum atomic E-state index is 10.9. The topological polar surface area (TPSA) is 63.1 Å². The molecule has 0 saturated heterocycles. The molecule has 0 bridgehead atoms. The van der Waals surface area contributed by atoms with Crippen LogP contribution < -0.4 is 0 Å². The number of carboxylic acid groups (broad SMARTS) is 1. The van der Waals surface area contributed by atoms with E-state index in [0.717, 1.165) is 12.8 Å². The second-order valence-electron chi connectivity index (χ2n) is 3.54. The molecule has 1 aliphatic rings. The van der Waals surface area contributed by atoms with E-state index in [0.29, 0.717) is 23.7 Å². The van der Waals surface area contributed by atoms with Crippen LogP contribution in [-0.2, 0) is 6.42 Å². The van der Waals surface area contributed by atoms with Gasteiger partial charge in [0.15, 0.2) is 5.69 Å². The first-order chi connectivity index (χ1) is 6.72. The van der Waals surface area contributed by atoms with Crippen LogP contribution in [0.5, 0.6) is 0 Å². The Morgan fingerprint density at radius 3 is 2.86 bits per heavy atom. The maximum absolute atomic E-state index is 10.9. The highest BCUT2D eigenvalue weighted by Crippen LogP contribution is 2.37. The predicted octanol–water partition coefficient (Wildman–Crippen LogP) is 1.61. The van der Waals surface area contributed by atoms with Crippen LogP contribution >= 0.6 is 0 Å². The van der Waals surface area contributed by atoms with Gasteiger partial charge >= 0.3 is 5.97 Å². The first-order valence-electron chi connectivity index (χ1n) is 4.81. The summed E-state index contributed by atoms with van der Waals surface area (Å²) in [6.45, 7) is 1.90. The Balaban J connectivity index is 2.40. The summed E-state index contributed by atoms with van der Waals surface area (Å²) in [5.41, 5.74) is 0.881. The zero-order chi connectivity index (χ0) is 10.1. The molecule has 1 fully saturated rings. The smallest absolute Gasteiger partial charge is 0.354 e. The zero-order valence-electron chi connectivity index (χ0n) is 8.03. The lowest BCUT2D eigenvalue weighted by Gasteiger charge is -2.03. The molecule has 0 spiro atoms. The average molecular weight is 192 g/mol. The number of nitrogens with zero attached hydrogens (tertiary/aromatic N) is 2. The molecule has 1 aromatic heterocycles. The number of rotatable bonds is 3. The average Bonchev–Trinajstić information content (AvgIpc) is 3.00. The molecule has 0 unspecified atom stereocenters. The molecule has 1 heterocycles. The fourth-order valence-electron chi connectivity index (χ4n) is 1.40. The number of aromatic nitrogens is 2. The Morgan fingerprint density at radius 1 is 1.64 bits per heavy atom. The first-order valence-corrected chi connectivity index (χ1v) is 4.81. The highest BCUT2D eigenvalue weighted by atomic mass is 16.4. The van der Waals surface area contributed by atoms with Crippen LogP contribution in [-0.4, -0.2) is 21.0 Å². The second-order valence-corrected chi connectivity index (χ2v) is 3.54.